The van der Waals surface area contributed by atoms with Crippen LogP contribution in [-0.2, 0) is 32.3 Å². The normalized spacial score (nSPS) is 19.9. The minimum absolute atomic E-state index is 0.308. The average Bonchev–Trinajstić information content (AvgIpc) is 3.23. The number of hydrogen-bond acceptors (Lipinski definition) is 4. The first-order chi connectivity index (χ1) is 12.0. The SMILES string of the molecule is C=CCS(=O)c1cccc(C(=O)C2(C(=O)OC)CCn3cccc32)c1. The number of nitrogens with zero attached hydrogens (tertiary/aromatic N) is 1. The van der Waals surface area contributed by atoms with Gasteiger partial charge in [-0.2, -0.15) is 0 Å². The molecule has 0 aliphatic carbocycles. The van der Waals surface area contributed by atoms with Crippen LogP contribution in [0.3, 0.4) is 0 Å². The number of esters is 1. The summed E-state index contributed by atoms with van der Waals surface area (Å²) in [5.41, 5.74) is -0.353. The highest BCUT2D eigenvalue weighted by Gasteiger charge is 2.53. The second kappa shape index (κ2) is 6.80. The zero-order valence-electron chi connectivity index (χ0n) is 13.9. The van der Waals surface area contributed by atoms with E-state index in [0.717, 1.165) is 0 Å². The number of rotatable bonds is 6. The first-order valence-electron chi connectivity index (χ1n) is 7.92. The van der Waals surface area contributed by atoms with Gasteiger partial charge in [0.15, 0.2) is 11.2 Å². The van der Waals surface area contributed by atoms with Crippen LogP contribution >= 0.6 is 0 Å². The lowest BCUT2D eigenvalue weighted by molar-refractivity contribution is -0.145. The van der Waals surface area contributed by atoms with Gasteiger partial charge < -0.3 is 9.30 Å². The van der Waals surface area contributed by atoms with Crippen molar-refractivity contribution in [2.24, 2.45) is 0 Å². The largest absolute Gasteiger partial charge is 0.468 e. The molecule has 0 bridgehead atoms. The predicted molar refractivity (Wildman–Crippen MR) is 95.0 cm³/mol. The molecule has 0 amide bonds. The highest BCUT2D eigenvalue weighted by molar-refractivity contribution is 7.85. The number of ether oxygens (including phenoxy) is 1. The average molecular weight is 357 g/mol. The molecule has 0 spiro atoms. The molecule has 0 fully saturated rings. The van der Waals surface area contributed by atoms with Crippen molar-refractivity contribution >= 4 is 22.6 Å². The van der Waals surface area contributed by atoms with Crippen LogP contribution in [0.5, 0.6) is 0 Å². The highest BCUT2D eigenvalue weighted by Crippen LogP contribution is 2.39. The third kappa shape index (κ3) is 2.76. The summed E-state index contributed by atoms with van der Waals surface area (Å²) in [6.45, 7) is 4.16. The maximum Gasteiger partial charge on any atom is 0.325 e. The summed E-state index contributed by atoms with van der Waals surface area (Å²) in [4.78, 5) is 26.5. The van der Waals surface area contributed by atoms with E-state index < -0.39 is 22.2 Å². The van der Waals surface area contributed by atoms with Crippen molar-refractivity contribution in [3.8, 4) is 0 Å². The molecule has 2 unspecified atom stereocenters. The van der Waals surface area contributed by atoms with Gasteiger partial charge in [0, 0.05) is 34.6 Å². The van der Waals surface area contributed by atoms with Gasteiger partial charge in [0.1, 0.15) is 0 Å². The molecule has 1 aromatic carbocycles. The maximum atomic E-state index is 13.3. The number of Topliss-reactive ketones (excluding diaryl/α,β-unsaturated/α-hetero) is 1. The number of hydrogen-bond donors (Lipinski definition) is 0. The summed E-state index contributed by atoms with van der Waals surface area (Å²) in [5.74, 6) is -0.579. The monoisotopic (exact) mass is 357 g/mol. The van der Waals surface area contributed by atoms with Crippen molar-refractivity contribution in [3.63, 3.8) is 0 Å². The molecule has 0 radical (unpaired) electrons. The topological polar surface area (TPSA) is 65.4 Å². The molecule has 6 heteroatoms. The number of ketones is 1. The molecule has 0 saturated heterocycles. The zero-order chi connectivity index (χ0) is 18.0. The summed E-state index contributed by atoms with van der Waals surface area (Å²) in [6, 6.07) is 10.2. The summed E-state index contributed by atoms with van der Waals surface area (Å²) in [7, 11) is 0.0234. The van der Waals surface area contributed by atoms with Crippen LogP contribution in [0.4, 0.5) is 0 Å². The number of methoxy groups -OCH3 is 1. The van der Waals surface area contributed by atoms with Crippen molar-refractivity contribution < 1.29 is 18.5 Å². The molecule has 5 nitrogen and oxygen atoms in total. The van der Waals surface area contributed by atoms with E-state index in [9.17, 15) is 13.8 Å². The van der Waals surface area contributed by atoms with Gasteiger partial charge in [0.05, 0.1) is 17.9 Å². The predicted octanol–water partition coefficient (Wildman–Crippen LogP) is 2.48. The molecule has 1 aromatic heterocycles. The third-order valence-electron chi connectivity index (χ3n) is 4.54. The summed E-state index contributed by atoms with van der Waals surface area (Å²) in [6.07, 6.45) is 3.78. The molecule has 2 atom stereocenters. The van der Waals surface area contributed by atoms with Gasteiger partial charge in [-0.15, -0.1) is 6.58 Å². The van der Waals surface area contributed by atoms with Gasteiger partial charge >= 0.3 is 5.97 Å². The Hall–Kier alpha value is -2.47. The van der Waals surface area contributed by atoms with E-state index in [2.05, 4.69) is 6.58 Å². The van der Waals surface area contributed by atoms with E-state index in [1.54, 1.807) is 36.4 Å². The number of carbonyl (C=O) groups excluding carboxylic acids is 2. The Morgan fingerprint density at radius 1 is 1.36 bits per heavy atom. The fraction of sp³-hybridized carbons (Fsp3) is 0.263. The fourth-order valence-corrected chi connectivity index (χ4v) is 4.24. The lowest BCUT2D eigenvalue weighted by Gasteiger charge is -2.24. The van der Waals surface area contributed by atoms with Crippen LogP contribution in [0.2, 0.25) is 0 Å². The van der Waals surface area contributed by atoms with Gasteiger partial charge in [0.2, 0.25) is 0 Å². The van der Waals surface area contributed by atoms with Crippen molar-refractivity contribution in [2.45, 2.75) is 23.3 Å². The Kier molecular flexibility index (Phi) is 4.72. The third-order valence-corrected chi connectivity index (χ3v) is 5.86. The molecule has 1 aliphatic heterocycles. The molecule has 3 rings (SSSR count). The lowest BCUT2D eigenvalue weighted by atomic mass is 9.76. The number of benzene rings is 1. The molecular weight excluding hydrogens is 338 g/mol. The molecule has 2 heterocycles. The first kappa shape index (κ1) is 17.4. The van der Waals surface area contributed by atoms with Crippen molar-refractivity contribution in [3.05, 3.63) is 66.5 Å². The van der Waals surface area contributed by atoms with Crippen LogP contribution in [-0.4, -0.2) is 33.4 Å². The summed E-state index contributed by atoms with van der Waals surface area (Å²) >= 11 is 0. The van der Waals surface area contributed by atoms with Crippen molar-refractivity contribution in [1.29, 1.82) is 0 Å². The molecule has 2 aromatic rings. The van der Waals surface area contributed by atoms with Gasteiger partial charge in [-0.3, -0.25) is 13.8 Å². The Morgan fingerprint density at radius 3 is 2.88 bits per heavy atom. The van der Waals surface area contributed by atoms with E-state index in [1.165, 1.54) is 7.11 Å². The van der Waals surface area contributed by atoms with E-state index >= 15 is 0 Å². The summed E-state index contributed by atoms with van der Waals surface area (Å²) in [5, 5.41) is 0. The Labute approximate surface area is 148 Å². The second-order valence-electron chi connectivity index (χ2n) is 5.89. The number of aryl methyl sites for hydroxylation is 1. The highest BCUT2D eigenvalue weighted by atomic mass is 32.2. The first-order valence-corrected chi connectivity index (χ1v) is 9.24. The van der Waals surface area contributed by atoms with Gasteiger partial charge in [-0.1, -0.05) is 18.2 Å². The molecule has 25 heavy (non-hydrogen) atoms. The molecule has 130 valence electrons. The number of aromatic nitrogens is 1. The van der Waals surface area contributed by atoms with Gasteiger partial charge in [-0.05, 0) is 30.7 Å². The zero-order valence-corrected chi connectivity index (χ0v) is 14.8. The van der Waals surface area contributed by atoms with Crippen molar-refractivity contribution in [1.82, 2.24) is 4.57 Å². The minimum Gasteiger partial charge on any atom is -0.468 e. The molecule has 0 saturated carbocycles. The van der Waals surface area contributed by atoms with Crippen LogP contribution < -0.4 is 0 Å². The Morgan fingerprint density at radius 2 is 2.16 bits per heavy atom. The van der Waals surface area contributed by atoms with Gasteiger partial charge in [-0.25, -0.2) is 0 Å². The van der Waals surface area contributed by atoms with Gasteiger partial charge in [0.25, 0.3) is 0 Å². The second-order valence-corrected chi connectivity index (χ2v) is 7.39. The number of fused-ring (bicyclic) bond motifs is 1. The smallest absolute Gasteiger partial charge is 0.325 e. The standard InChI is InChI=1S/C19H19NO4S/c1-3-12-25(23)15-7-4-6-14(13-15)17(21)19(18(22)24-2)9-11-20-10-5-8-16(19)20/h3-8,10,13H,1,9,11-12H2,2H3. The van der Waals surface area contributed by atoms with Crippen LogP contribution in [0.1, 0.15) is 22.5 Å². The van der Waals surface area contributed by atoms with Crippen LogP contribution in [0.15, 0.2) is 60.1 Å². The van der Waals surface area contributed by atoms with Crippen LogP contribution in [0, 0.1) is 0 Å². The van der Waals surface area contributed by atoms with E-state index in [4.69, 9.17) is 4.74 Å². The Bertz CT molecular complexity index is 870. The quantitative estimate of drug-likeness (QED) is 0.345. The molecule has 1 aliphatic rings. The molecular formula is C19H19NO4S. The summed E-state index contributed by atoms with van der Waals surface area (Å²) < 4.78 is 19.1. The van der Waals surface area contributed by atoms with Crippen LogP contribution in [0.25, 0.3) is 0 Å². The molecule has 0 N–H and O–H groups in total. The maximum absolute atomic E-state index is 13.3. The van der Waals surface area contributed by atoms with E-state index in [-0.39, 0.29) is 5.78 Å². The van der Waals surface area contributed by atoms with E-state index in [0.29, 0.717) is 34.9 Å². The van der Waals surface area contributed by atoms with Crippen molar-refractivity contribution in [2.75, 3.05) is 12.9 Å². The number of carbonyl (C=O) groups is 2. The fourth-order valence-electron chi connectivity index (χ4n) is 3.34. The van der Waals surface area contributed by atoms with E-state index in [1.807, 2.05) is 16.8 Å². The minimum atomic E-state index is -1.35. The lowest BCUT2D eigenvalue weighted by Crippen LogP contribution is -2.43. The Balaban J connectivity index is 2.06.